The summed E-state index contributed by atoms with van der Waals surface area (Å²) in [7, 11) is 1.50. The van der Waals surface area contributed by atoms with Gasteiger partial charge in [0.1, 0.15) is 0 Å². The van der Waals surface area contributed by atoms with Crippen molar-refractivity contribution in [1.82, 2.24) is 5.06 Å². The molecule has 0 saturated carbocycles. The smallest absolute Gasteiger partial charge is 0.259 e. The average Bonchev–Trinajstić information content (AvgIpc) is 1.38. The molecule has 0 aliphatic rings. The van der Waals surface area contributed by atoms with Crippen LogP contribution in [0.25, 0.3) is 0 Å². The minimum absolute atomic E-state index is 0.583. The third kappa shape index (κ3) is 3.76. The first-order valence-electron chi connectivity index (χ1n) is 1.65. The highest BCUT2D eigenvalue weighted by atomic mass is 16.5. The molecule has 2 heteroatoms. The summed E-state index contributed by atoms with van der Waals surface area (Å²) >= 11 is 0. The van der Waals surface area contributed by atoms with Crippen LogP contribution in [0.5, 0.6) is 0 Å². The predicted octanol–water partition coefficient (Wildman–Crippen LogP) is 0.274. The summed E-state index contributed by atoms with van der Waals surface area (Å²) < 4.78 is 0. The van der Waals surface area contributed by atoms with Crippen molar-refractivity contribution in [3.8, 4) is 0 Å². The minimum atomic E-state index is 0.583. The molecule has 30 valence electrons. The van der Waals surface area contributed by atoms with Crippen LogP contribution in [0.4, 0.5) is 0 Å². The van der Waals surface area contributed by atoms with Crippen LogP contribution < -0.4 is 5.06 Å². The summed E-state index contributed by atoms with van der Waals surface area (Å²) in [6, 6.07) is 0. The molecule has 0 radical (unpaired) electrons. The molecule has 2 nitrogen and oxygen atoms in total. The van der Waals surface area contributed by atoms with Crippen LogP contribution in [0.1, 0.15) is 6.92 Å². The Hall–Kier alpha value is -0.240. The van der Waals surface area contributed by atoms with E-state index in [1.165, 1.54) is 7.05 Å². The lowest BCUT2D eigenvalue weighted by atomic mass is 10.8. The summed E-state index contributed by atoms with van der Waals surface area (Å²) in [5, 5.41) is 10.6. The first kappa shape index (κ1) is 4.76. The second-order valence-electron chi connectivity index (χ2n) is 0.944. The molecule has 0 aliphatic carbocycles. The molecule has 0 aliphatic heterocycles. The average molecular weight is 74.1 g/mol. The molecule has 0 atom stereocenters. The lowest BCUT2D eigenvalue weighted by Crippen LogP contribution is -2.13. The first-order chi connectivity index (χ1) is 2.27. The van der Waals surface area contributed by atoms with Crippen molar-refractivity contribution in [1.29, 1.82) is 0 Å². The molecule has 0 aromatic heterocycles. The van der Waals surface area contributed by atoms with E-state index in [0.717, 1.165) is 5.06 Å². The highest BCUT2D eigenvalue weighted by Gasteiger charge is 1.87. The van der Waals surface area contributed by atoms with E-state index in [-0.39, 0.29) is 0 Å². The molecule has 0 aromatic carbocycles. The van der Waals surface area contributed by atoms with E-state index in [0.29, 0.717) is 6.54 Å². The maximum absolute atomic E-state index is 9.73. The monoisotopic (exact) mass is 74.1 g/mol. The maximum Gasteiger partial charge on any atom is 0.259 e. The van der Waals surface area contributed by atoms with E-state index in [2.05, 4.69) is 0 Å². The standard InChI is InChI=1S/C3H8NO/c1-3-4(2)5/h3H2,1-2H3/q+1. The van der Waals surface area contributed by atoms with E-state index in [1.807, 2.05) is 6.92 Å². The third-order valence-corrected chi connectivity index (χ3v) is 0.445. The van der Waals surface area contributed by atoms with Crippen LogP contribution >= 0.6 is 0 Å². The second kappa shape index (κ2) is 2.03. The Morgan fingerprint density at radius 1 is 1.80 bits per heavy atom. The fraction of sp³-hybridized carbons (Fsp3) is 1.00. The van der Waals surface area contributed by atoms with Crippen LogP contribution in [0.15, 0.2) is 0 Å². The zero-order valence-corrected chi connectivity index (χ0v) is 3.56. The molecule has 5 heavy (non-hydrogen) atoms. The summed E-state index contributed by atoms with van der Waals surface area (Å²) in [5.41, 5.74) is 0. The molecule has 0 fully saturated rings. The zero-order chi connectivity index (χ0) is 4.28. The van der Waals surface area contributed by atoms with E-state index in [1.54, 1.807) is 0 Å². The molecule has 0 amide bonds. The Labute approximate surface area is 32.0 Å². The molecule has 0 saturated heterocycles. The largest absolute Gasteiger partial charge is 0.349 e. The lowest BCUT2D eigenvalue weighted by molar-refractivity contribution is 0.651. The van der Waals surface area contributed by atoms with Gasteiger partial charge in [-0.3, -0.25) is 0 Å². The topological polar surface area (TPSA) is 29.0 Å². The van der Waals surface area contributed by atoms with Crippen LogP contribution in [-0.2, 0) is 0 Å². The maximum atomic E-state index is 9.73. The molecular formula is C3H8NO+. The van der Waals surface area contributed by atoms with E-state index < -0.39 is 0 Å². The van der Waals surface area contributed by atoms with Crippen molar-refractivity contribution in [3.05, 3.63) is 5.21 Å². The van der Waals surface area contributed by atoms with Gasteiger partial charge in [-0.1, -0.05) is 0 Å². The van der Waals surface area contributed by atoms with Crippen LogP contribution in [0, 0.1) is 5.21 Å². The van der Waals surface area contributed by atoms with Gasteiger partial charge in [-0.2, -0.15) is 0 Å². The highest BCUT2D eigenvalue weighted by Crippen LogP contribution is 1.60. The van der Waals surface area contributed by atoms with Gasteiger partial charge in [-0.25, -0.2) is 0 Å². The number of hydrogen-bond acceptors (Lipinski definition) is 2. The van der Waals surface area contributed by atoms with Gasteiger partial charge >= 0.3 is 0 Å². The molecule has 0 aromatic rings. The number of hydroxylamine groups is 2. The summed E-state index contributed by atoms with van der Waals surface area (Å²) in [5.74, 6) is 0. The molecule has 0 unspecified atom stereocenters. The van der Waals surface area contributed by atoms with Gasteiger partial charge in [0.2, 0.25) is 0 Å². The molecule has 0 N–H and O–H groups in total. The van der Waals surface area contributed by atoms with Gasteiger partial charge in [0.15, 0.2) is 0 Å². The van der Waals surface area contributed by atoms with Crippen LogP contribution in [-0.4, -0.2) is 13.6 Å². The SMILES string of the molecule is CC[N+2](C)[O-]. The molecule has 0 bridgehead atoms. The summed E-state index contributed by atoms with van der Waals surface area (Å²) in [6.45, 7) is 2.40. The first-order valence-corrected chi connectivity index (χ1v) is 1.65. The van der Waals surface area contributed by atoms with E-state index >= 15 is 0 Å². The Morgan fingerprint density at radius 3 is 2.00 bits per heavy atom. The lowest BCUT2D eigenvalue weighted by Gasteiger charge is -1.88. The second-order valence-corrected chi connectivity index (χ2v) is 0.944. The van der Waals surface area contributed by atoms with Crippen molar-refractivity contribution in [2.24, 2.45) is 0 Å². The zero-order valence-electron chi connectivity index (χ0n) is 3.56. The Morgan fingerprint density at radius 2 is 2.00 bits per heavy atom. The van der Waals surface area contributed by atoms with Gasteiger partial charge in [0.05, 0.1) is 0 Å². The highest BCUT2D eigenvalue weighted by molar-refractivity contribution is 4.47. The molecular weight excluding hydrogens is 66.0 g/mol. The molecule has 0 rings (SSSR count). The van der Waals surface area contributed by atoms with Gasteiger partial charge in [0.25, 0.3) is 13.6 Å². The fourth-order valence-corrected chi connectivity index (χ4v) is 0. The van der Waals surface area contributed by atoms with Gasteiger partial charge in [-0.15, -0.1) is 5.06 Å². The summed E-state index contributed by atoms with van der Waals surface area (Å²) in [4.78, 5) is 0. The van der Waals surface area contributed by atoms with Crippen LogP contribution in [0.2, 0.25) is 0 Å². The Balaban J connectivity index is 2.54. The van der Waals surface area contributed by atoms with Gasteiger partial charge in [0, 0.05) is 6.92 Å². The Kier molecular flexibility index (Phi) is 1.93. The summed E-state index contributed by atoms with van der Waals surface area (Å²) in [6.07, 6.45) is 0. The third-order valence-electron chi connectivity index (χ3n) is 0.445. The molecule has 0 spiro atoms. The van der Waals surface area contributed by atoms with E-state index in [4.69, 9.17) is 0 Å². The van der Waals surface area contributed by atoms with Gasteiger partial charge < -0.3 is 5.21 Å². The fourth-order valence-electron chi connectivity index (χ4n) is 0. The quantitative estimate of drug-likeness (QED) is 0.410. The van der Waals surface area contributed by atoms with Crippen molar-refractivity contribution in [3.63, 3.8) is 0 Å². The van der Waals surface area contributed by atoms with Crippen molar-refractivity contribution < 1.29 is 0 Å². The molecule has 0 heterocycles. The van der Waals surface area contributed by atoms with Crippen molar-refractivity contribution in [2.45, 2.75) is 6.92 Å². The number of nitrogens with zero attached hydrogens (tertiary/aromatic N) is 1. The minimum Gasteiger partial charge on any atom is -0.349 e. The van der Waals surface area contributed by atoms with Crippen LogP contribution in [0.3, 0.4) is 0 Å². The normalized spacial score (nSPS) is 7.80. The Bertz CT molecular complexity index is 20.9. The number of rotatable bonds is 1. The van der Waals surface area contributed by atoms with Crippen molar-refractivity contribution in [2.75, 3.05) is 13.6 Å². The van der Waals surface area contributed by atoms with E-state index in [9.17, 15) is 5.21 Å². The van der Waals surface area contributed by atoms with Gasteiger partial charge in [-0.05, 0) is 0 Å². The number of hydrogen-bond donors (Lipinski definition) is 0. The van der Waals surface area contributed by atoms with Crippen molar-refractivity contribution >= 4 is 0 Å². The predicted molar refractivity (Wildman–Crippen MR) is 22.0 cm³/mol.